The van der Waals surface area contributed by atoms with Crippen LogP contribution in [0.15, 0.2) is 30.3 Å². The predicted molar refractivity (Wildman–Crippen MR) is 87.7 cm³/mol. The van der Waals surface area contributed by atoms with E-state index in [2.05, 4.69) is 13.8 Å². The molecule has 0 heterocycles. The SMILES string of the molecule is CCCCCC(CC)OC(=O)C=Cc1ccc(OC)cc1.[O]=[Ti]=[O]. The van der Waals surface area contributed by atoms with Crippen molar-refractivity contribution in [2.24, 2.45) is 0 Å². The van der Waals surface area contributed by atoms with E-state index in [4.69, 9.17) is 16.1 Å². The fourth-order valence-electron chi connectivity index (χ4n) is 2.05. The third kappa shape index (κ3) is 11.1. The van der Waals surface area contributed by atoms with Crippen LogP contribution in [0.2, 0.25) is 0 Å². The predicted octanol–water partition coefficient (Wildman–Crippen LogP) is 4.37. The first-order valence-electron chi connectivity index (χ1n) is 8.13. The molecule has 0 saturated carbocycles. The molecule has 0 aromatic heterocycles. The van der Waals surface area contributed by atoms with Gasteiger partial charge in [-0.05, 0) is 43.0 Å². The van der Waals surface area contributed by atoms with Gasteiger partial charge in [-0.1, -0.05) is 38.8 Å². The van der Waals surface area contributed by atoms with E-state index < -0.39 is 19.1 Å². The zero-order chi connectivity index (χ0) is 18.2. The van der Waals surface area contributed by atoms with Gasteiger partial charge >= 0.3 is 31.7 Å². The quantitative estimate of drug-likeness (QED) is 0.279. The molecule has 1 atom stereocenters. The van der Waals surface area contributed by atoms with Crippen LogP contribution in [0.4, 0.5) is 0 Å². The minimum absolute atomic E-state index is 0.0320. The number of hydrogen-bond acceptors (Lipinski definition) is 5. The number of carbonyl (C=O) groups excluding carboxylic acids is 1. The van der Waals surface area contributed by atoms with Crippen LogP contribution in [0.1, 0.15) is 51.5 Å². The van der Waals surface area contributed by atoms with Gasteiger partial charge in [0.1, 0.15) is 11.9 Å². The van der Waals surface area contributed by atoms with Crippen molar-refractivity contribution in [1.29, 1.82) is 0 Å². The fourth-order valence-corrected chi connectivity index (χ4v) is 2.05. The van der Waals surface area contributed by atoms with E-state index in [0.717, 1.165) is 30.6 Å². The molecule has 132 valence electrons. The summed E-state index contributed by atoms with van der Waals surface area (Å²) in [6.45, 7) is 4.22. The molecule has 6 heteroatoms. The summed E-state index contributed by atoms with van der Waals surface area (Å²) in [7, 11) is 1.63. The molecule has 1 aromatic carbocycles. The van der Waals surface area contributed by atoms with Crippen molar-refractivity contribution in [2.75, 3.05) is 7.11 Å². The molecule has 0 amide bonds. The summed E-state index contributed by atoms with van der Waals surface area (Å²) < 4.78 is 27.6. The fraction of sp³-hybridized carbons (Fsp3) is 0.500. The Morgan fingerprint density at radius 1 is 1.17 bits per heavy atom. The third-order valence-corrected chi connectivity index (χ3v) is 3.40. The van der Waals surface area contributed by atoms with Crippen molar-refractivity contribution in [3.63, 3.8) is 0 Å². The first-order valence-corrected chi connectivity index (χ1v) is 9.40. The standard InChI is InChI=1S/C18H26O3.2O.Ti/c1-4-6-7-8-16(5-2)21-18(19)14-11-15-9-12-17(20-3)13-10-15;;;/h9-14,16H,4-8H2,1-3H3;;;. The molecule has 1 aromatic rings. The van der Waals surface area contributed by atoms with Crippen LogP contribution in [0.5, 0.6) is 5.75 Å². The Morgan fingerprint density at radius 2 is 1.79 bits per heavy atom. The van der Waals surface area contributed by atoms with Crippen molar-refractivity contribution >= 4 is 12.0 Å². The Bertz CT molecular complexity index is 519. The molecule has 0 fully saturated rings. The van der Waals surface area contributed by atoms with E-state index in [0.29, 0.717) is 0 Å². The molecule has 5 nitrogen and oxygen atoms in total. The van der Waals surface area contributed by atoms with Crippen LogP contribution in [0.3, 0.4) is 0 Å². The molecule has 1 rings (SSSR count). The maximum absolute atomic E-state index is 11.8. The van der Waals surface area contributed by atoms with Gasteiger partial charge in [-0.2, -0.15) is 0 Å². The van der Waals surface area contributed by atoms with Crippen molar-refractivity contribution in [3.05, 3.63) is 35.9 Å². The van der Waals surface area contributed by atoms with E-state index in [9.17, 15) is 4.79 Å². The summed E-state index contributed by atoms with van der Waals surface area (Å²) >= 11 is -2.00. The summed E-state index contributed by atoms with van der Waals surface area (Å²) in [5.41, 5.74) is 0.951. The van der Waals surface area contributed by atoms with Gasteiger partial charge in [0.25, 0.3) is 0 Å². The number of methoxy groups -OCH3 is 1. The molecule has 1 unspecified atom stereocenters. The van der Waals surface area contributed by atoms with E-state index in [1.54, 1.807) is 13.2 Å². The Balaban J connectivity index is 0.00000163. The zero-order valence-corrected chi connectivity index (χ0v) is 16.2. The molecule has 0 aliphatic heterocycles. The molecule has 0 spiro atoms. The molecular formula is C18H26O5Ti. The average molecular weight is 370 g/mol. The molecule has 0 N–H and O–H groups in total. The summed E-state index contributed by atoms with van der Waals surface area (Å²) in [5.74, 6) is 0.533. The Labute approximate surface area is 153 Å². The molecule has 0 aliphatic carbocycles. The van der Waals surface area contributed by atoms with Crippen LogP contribution in [-0.4, -0.2) is 19.2 Å². The molecule has 0 saturated heterocycles. The van der Waals surface area contributed by atoms with Gasteiger partial charge in [0.05, 0.1) is 7.11 Å². The van der Waals surface area contributed by atoms with Crippen LogP contribution in [0, 0.1) is 0 Å². The first kappa shape index (κ1) is 22.5. The van der Waals surface area contributed by atoms with E-state index in [1.807, 2.05) is 24.3 Å². The van der Waals surface area contributed by atoms with Crippen LogP contribution >= 0.6 is 0 Å². The molecule has 24 heavy (non-hydrogen) atoms. The second kappa shape index (κ2) is 15.1. The number of rotatable bonds is 9. The van der Waals surface area contributed by atoms with Gasteiger partial charge in [0.2, 0.25) is 0 Å². The Hall–Kier alpha value is -1.46. The van der Waals surface area contributed by atoms with Crippen LogP contribution in [0.25, 0.3) is 6.08 Å². The summed E-state index contributed by atoms with van der Waals surface area (Å²) in [6.07, 6.45) is 8.59. The number of carbonyl (C=O) groups is 1. The summed E-state index contributed by atoms with van der Waals surface area (Å²) in [6, 6.07) is 7.54. The number of benzene rings is 1. The van der Waals surface area contributed by atoms with Gasteiger partial charge in [-0.3, -0.25) is 0 Å². The van der Waals surface area contributed by atoms with Crippen LogP contribution in [-0.2, 0) is 35.3 Å². The number of unbranched alkanes of at least 4 members (excludes halogenated alkanes) is 2. The normalized spacial score (nSPS) is 11.1. The monoisotopic (exact) mass is 370 g/mol. The Kier molecular flexibility index (Phi) is 14.2. The van der Waals surface area contributed by atoms with Gasteiger partial charge in [-0.15, -0.1) is 0 Å². The van der Waals surface area contributed by atoms with Gasteiger partial charge in [-0.25, -0.2) is 4.79 Å². The van der Waals surface area contributed by atoms with Crippen molar-refractivity contribution in [1.82, 2.24) is 0 Å². The topological polar surface area (TPSA) is 69.7 Å². The minimum atomic E-state index is -2.00. The molecule has 0 aliphatic rings. The van der Waals surface area contributed by atoms with E-state index in [-0.39, 0.29) is 12.1 Å². The molecular weight excluding hydrogens is 344 g/mol. The third-order valence-electron chi connectivity index (χ3n) is 3.40. The maximum atomic E-state index is 11.8. The van der Waals surface area contributed by atoms with Gasteiger partial charge < -0.3 is 9.47 Å². The Morgan fingerprint density at radius 3 is 2.29 bits per heavy atom. The van der Waals surface area contributed by atoms with Gasteiger partial charge in [0, 0.05) is 6.08 Å². The molecule has 0 radical (unpaired) electrons. The summed E-state index contributed by atoms with van der Waals surface area (Å²) in [5, 5.41) is 0. The summed E-state index contributed by atoms with van der Waals surface area (Å²) in [4.78, 5) is 11.8. The van der Waals surface area contributed by atoms with Crippen molar-refractivity contribution in [3.8, 4) is 5.75 Å². The number of ether oxygens (including phenoxy) is 2. The van der Waals surface area contributed by atoms with Crippen molar-refractivity contribution in [2.45, 2.75) is 52.1 Å². The number of hydrogen-bond donors (Lipinski definition) is 0. The number of esters is 1. The van der Waals surface area contributed by atoms with Gasteiger partial charge in [0.15, 0.2) is 0 Å². The molecule has 0 bridgehead atoms. The average Bonchev–Trinajstić information content (AvgIpc) is 2.60. The van der Waals surface area contributed by atoms with Crippen molar-refractivity contribution < 1.29 is 40.0 Å². The van der Waals surface area contributed by atoms with E-state index >= 15 is 0 Å². The zero-order valence-electron chi connectivity index (χ0n) is 14.6. The van der Waals surface area contributed by atoms with Crippen LogP contribution < -0.4 is 4.74 Å². The first-order chi connectivity index (χ1) is 11.6. The second-order valence-corrected chi connectivity index (χ2v) is 5.41. The second-order valence-electron chi connectivity index (χ2n) is 5.15. The van der Waals surface area contributed by atoms with E-state index in [1.165, 1.54) is 18.9 Å².